The Morgan fingerprint density at radius 1 is 1.00 bits per heavy atom. The predicted molar refractivity (Wildman–Crippen MR) is 61.2 cm³/mol. The van der Waals surface area contributed by atoms with Gasteiger partial charge in [0.2, 0.25) is 0 Å². The summed E-state index contributed by atoms with van der Waals surface area (Å²) in [5, 5.41) is -0.0993. The van der Waals surface area contributed by atoms with Crippen molar-refractivity contribution >= 4 is 17.4 Å². The molecule has 0 saturated carbocycles. The summed E-state index contributed by atoms with van der Waals surface area (Å²) in [4.78, 5) is 12.0. The molecule has 0 aliphatic carbocycles. The van der Waals surface area contributed by atoms with Crippen LogP contribution < -0.4 is 0 Å². The third-order valence-corrected chi connectivity index (χ3v) is 2.60. The van der Waals surface area contributed by atoms with Gasteiger partial charge in [-0.05, 0) is 12.1 Å². The summed E-state index contributed by atoms with van der Waals surface area (Å²) in [5.41, 5.74) is 0.331. The Labute approximate surface area is 102 Å². The zero-order valence-electron chi connectivity index (χ0n) is 8.58. The van der Waals surface area contributed by atoms with E-state index in [1.54, 1.807) is 30.3 Å². The first-order valence-electron chi connectivity index (χ1n) is 4.84. The number of hydrogen-bond acceptors (Lipinski definition) is 1. The summed E-state index contributed by atoms with van der Waals surface area (Å²) in [7, 11) is 0. The smallest absolute Gasteiger partial charge is 0.194 e. The first kappa shape index (κ1) is 11.7. The van der Waals surface area contributed by atoms with E-state index in [9.17, 15) is 13.6 Å². The van der Waals surface area contributed by atoms with Crippen molar-refractivity contribution in [3.05, 3.63) is 70.2 Å². The molecule has 0 aromatic heterocycles. The summed E-state index contributed by atoms with van der Waals surface area (Å²) in [6.07, 6.45) is 0. The Morgan fingerprint density at radius 3 is 2.24 bits per heavy atom. The molecule has 1 nitrogen and oxygen atoms in total. The second-order valence-electron chi connectivity index (χ2n) is 3.44. The standard InChI is InChI=1S/C13H7ClF2O/c14-10-7-12(16)11(15)6-9(10)13(17)8-4-2-1-3-5-8/h1-7H. The average Bonchev–Trinajstić information content (AvgIpc) is 2.34. The van der Waals surface area contributed by atoms with Crippen molar-refractivity contribution in [1.29, 1.82) is 0 Å². The van der Waals surface area contributed by atoms with Crippen molar-refractivity contribution in [1.82, 2.24) is 0 Å². The van der Waals surface area contributed by atoms with Crippen LogP contribution in [0, 0.1) is 11.6 Å². The van der Waals surface area contributed by atoms with Crippen LogP contribution in [0.15, 0.2) is 42.5 Å². The lowest BCUT2D eigenvalue weighted by Crippen LogP contribution is -2.03. The van der Waals surface area contributed by atoms with Crippen LogP contribution in [0.5, 0.6) is 0 Å². The van der Waals surface area contributed by atoms with Crippen molar-refractivity contribution in [2.24, 2.45) is 0 Å². The van der Waals surface area contributed by atoms with Crippen LogP contribution in [0.3, 0.4) is 0 Å². The molecule has 0 bridgehead atoms. The maximum atomic E-state index is 13.0. The molecular formula is C13H7ClF2O. The zero-order chi connectivity index (χ0) is 12.4. The van der Waals surface area contributed by atoms with E-state index in [2.05, 4.69) is 0 Å². The second-order valence-corrected chi connectivity index (χ2v) is 3.85. The van der Waals surface area contributed by atoms with Crippen LogP contribution in [0.1, 0.15) is 15.9 Å². The molecule has 0 aliphatic rings. The van der Waals surface area contributed by atoms with Gasteiger partial charge in [-0.1, -0.05) is 41.9 Å². The molecule has 17 heavy (non-hydrogen) atoms. The van der Waals surface area contributed by atoms with E-state index in [1.807, 2.05) is 0 Å². The van der Waals surface area contributed by atoms with Gasteiger partial charge in [0, 0.05) is 11.1 Å². The monoisotopic (exact) mass is 252 g/mol. The van der Waals surface area contributed by atoms with E-state index in [-0.39, 0.29) is 10.6 Å². The SMILES string of the molecule is O=C(c1ccccc1)c1cc(F)c(F)cc1Cl. The molecule has 0 fully saturated rings. The Hall–Kier alpha value is -1.74. The molecule has 0 N–H and O–H groups in total. The van der Waals surface area contributed by atoms with Crippen molar-refractivity contribution in [3.8, 4) is 0 Å². The van der Waals surface area contributed by atoms with Crippen LogP contribution in [0.2, 0.25) is 5.02 Å². The summed E-state index contributed by atoms with van der Waals surface area (Å²) in [6, 6.07) is 9.89. The highest BCUT2D eigenvalue weighted by molar-refractivity contribution is 6.35. The van der Waals surface area contributed by atoms with Crippen LogP contribution in [0.25, 0.3) is 0 Å². The molecular weight excluding hydrogens is 246 g/mol. The topological polar surface area (TPSA) is 17.1 Å². The number of ketones is 1. The minimum Gasteiger partial charge on any atom is -0.289 e. The Morgan fingerprint density at radius 2 is 1.59 bits per heavy atom. The number of carbonyl (C=O) groups excluding carboxylic acids is 1. The van der Waals surface area contributed by atoms with Gasteiger partial charge in [-0.2, -0.15) is 0 Å². The van der Waals surface area contributed by atoms with Gasteiger partial charge in [-0.15, -0.1) is 0 Å². The van der Waals surface area contributed by atoms with Gasteiger partial charge in [0.15, 0.2) is 17.4 Å². The molecule has 0 aliphatic heterocycles. The molecule has 0 saturated heterocycles. The second kappa shape index (κ2) is 4.63. The minimum absolute atomic E-state index is 0.0447. The number of rotatable bonds is 2. The van der Waals surface area contributed by atoms with E-state index in [1.165, 1.54) is 0 Å². The maximum Gasteiger partial charge on any atom is 0.194 e. The molecule has 2 rings (SSSR count). The van der Waals surface area contributed by atoms with Gasteiger partial charge in [0.05, 0.1) is 5.02 Å². The molecule has 0 heterocycles. The van der Waals surface area contributed by atoms with Gasteiger partial charge in [0.25, 0.3) is 0 Å². The quantitative estimate of drug-likeness (QED) is 0.586. The van der Waals surface area contributed by atoms with Crippen LogP contribution in [-0.2, 0) is 0 Å². The lowest BCUT2D eigenvalue weighted by atomic mass is 10.0. The molecule has 0 spiro atoms. The van der Waals surface area contributed by atoms with Crippen molar-refractivity contribution in [2.75, 3.05) is 0 Å². The summed E-state index contributed by atoms with van der Waals surface area (Å²) in [6.45, 7) is 0. The van der Waals surface area contributed by atoms with E-state index >= 15 is 0 Å². The fraction of sp³-hybridized carbons (Fsp3) is 0. The number of hydrogen-bond donors (Lipinski definition) is 0. The number of halogens is 3. The third kappa shape index (κ3) is 2.34. The first-order valence-corrected chi connectivity index (χ1v) is 5.21. The normalized spacial score (nSPS) is 10.3. The minimum atomic E-state index is -1.09. The highest BCUT2D eigenvalue weighted by Gasteiger charge is 2.16. The summed E-state index contributed by atoms with van der Waals surface area (Å²) < 4.78 is 25.9. The van der Waals surface area contributed by atoms with Crippen molar-refractivity contribution < 1.29 is 13.6 Å². The Balaban J connectivity index is 2.48. The fourth-order valence-electron chi connectivity index (χ4n) is 1.44. The van der Waals surface area contributed by atoms with E-state index < -0.39 is 17.4 Å². The van der Waals surface area contributed by atoms with E-state index in [0.29, 0.717) is 5.56 Å². The van der Waals surface area contributed by atoms with E-state index in [4.69, 9.17) is 11.6 Å². The average molecular weight is 253 g/mol. The lowest BCUT2D eigenvalue weighted by molar-refractivity contribution is 0.103. The van der Waals surface area contributed by atoms with E-state index in [0.717, 1.165) is 12.1 Å². The van der Waals surface area contributed by atoms with Crippen molar-refractivity contribution in [3.63, 3.8) is 0 Å². The molecule has 0 atom stereocenters. The molecule has 0 unspecified atom stereocenters. The third-order valence-electron chi connectivity index (χ3n) is 2.29. The Kier molecular flexibility index (Phi) is 3.20. The number of carbonyl (C=O) groups is 1. The predicted octanol–water partition coefficient (Wildman–Crippen LogP) is 3.85. The van der Waals surface area contributed by atoms with Crippen LogP contribution in [-0.4, -0.2) is 5.78 Å². The molecule has 0 amide bonds. The summed E-state index contributed by atoms with van der Waals surface area (Å²) in [5.74, 6) is -2.59. The lowest BCUT2D eigenvalue weighted by Gasteiger charge is -2.04. The summed E-state index contributed by atoms with van der Waals surface area (Å²) >= 11 is 5.72. The van der Waals surface area contributed by atoms with Gasteiger partial charge >= 0.3 is 0 Å². The molecule has 86 valence electrons. The first-order chi connectivity index (χ1) is 8.09. The molecule has 2 aromatic rings. The van der Waals surface area contributed by atoms with Crippen molar-refractivity contribution in [2.45, 2.75) is 0 Å². The highest BCUT2D eigenvalue weighted by Crippen LogP contribution is 2.22. The van der Waals surface area contributed by atoms with Crippen LogP contribution >= 0.6 is 11.6 Å². The zero-order valence-corrected chi connectivity index (χ0v) is 9.34. The molecule has 4 heteroatoms. The molecule has 0 radical (unpaired) electrons. The largest absolute Gasteiger partial charge is 0.289 e. The van der Waals surface area contributed by atoms with Gasteiger partial charge in [-0.3, -0.25) is 4.79 Å². The van der Waals surface area contributed by atoms with Gasteiger partial charge in [-0.25, -0.2) is 8.78 Å². The highest BCUT2D eigenvalue weighted by atomic mass is 35.5. The van der Waals surface area contributed by atoms with Gasteiger partial charge < -0.3 is 0 Å². The number of benzene rings is 2. The fourth-order valence-corrected chi connectivity index (χ4v) is 1.68. The Bertz CT molecular complexity index is 567. The molecule has 2 aromatic carbocycles. The van der Waals surface area contributed by atoms with Gasteiger partial charge in [0.1, 0.15) is 0 Å². The van der Waals surface area contributed by atoms with Crippen LogP contribution in [0.4, 0.5) is 8.78 Å². The maximum absolute atomic E-state index is 13.0.